The van der Waals surface area contributed by atoms with E-state index in [1.807, 2.05) is 24.5 Å². The maximum absolute atomic E-state index is 10.7. The monoisotopic (exact) mass is 333 g/mol. The number of thiazole rings is 1. The van der Waals surface area contributed by atoms with E-state index in [1.165, 1.54) is 0 Å². The van der Waals surface area contributed by atoms with Crippen molar-refractivity contribution < 1.29 is 14.6 Å². The zero-order valence-electron chi connectivity index (χ0n) is 12.6. The van der Waals surface area contributed by atoms with Gasteiger partial charge in [0.2, 0.25) is 0 Å². The molecule has 0 radical (unpaired) electrons. The maximum atomic E-state index is 10.7. The third-order valence-corrected chi connectivity index (χ3v) is 4.81. The number of carboxylic acid groups (broad SMARTS) is 1. The lowest BCUT2D eigenvalue weighted by Crippen LogP contribution is -2.25. The van der Waals surface area contributed by atoms with Crippen molar-refractivity contribution in [2.24, 2.45) is 5.92 Å². The molecule has 1 aliphatic rings. The van der Waals surface area contributed by atoms with Crippen molar-refractivity contribution in [3.63, 3.8) is 0 Å². The van der Waals surface area contributed by atoms with Gasteiger partial charge in [-0.15, -0.1) is 11.3 Å². The summed E-state index contributed by atoms with van der Waals surface area (Å²) >= 11 is 1.65. The van der Waals surface area contributed by atoms with Gasteiger partial charge in [0, 0.05) is 42.1 Å². The van der Waals surface area contributed by atoms with Gasteiger partial charge in [0.15, 0.2) is 0 Å². The van der Waals surface area contributed by atoms with Crippen LogP contribution in [0.1, 0.15) is 17.7 Å². The van der Waals surface area contributed by atoms with E-state index in [4.69, 9.17) is 9.84 Å². The number of rotatable bonds is 7. The molecule has 0 amide bonds. The van der Waals surface area contributed by atoms with Crippen molar-refractivity contribution in [1.29, 1.82) is 0 Å². The van der Waals surface area contributed by atoms with Gasteiger partial charge in [-0.3, -0.25) is 9.78 Å². The van der Waals surface area contributed by atoms with E-state index in [1.54, 1.807) is 17.5 Å². The summed E-state index contributed by atoms with van der Waals surface area (Å²) in [6.45, 7) is 2.02. The second-order valence-electron chi connectivity index (χ2n) is 5.66. The Bertz CT molecular complexity index is 647. The lowest BCUT2D eigenvalue weighted by Gasteiger charge is -2.09. The summed E-state index contributed by atoms with van der Waals surface area (Å²) in [5, 5.41) is 13.1. The van der Waals surface area contributed by atoms with Gasteiger partial charge in [0.25, 0.3) is 0 Å². The molecule has 1 saturated heterocycles. The molecular weight excluding hydrogens is 314 g/mol. The minimum absolute atomic E-state index is 0.102. The fraction of sp³-hybridized carbons (Fsp3) is 0.438. The van der Waals surface area contributed by atoms with Crippen LogP contribution >= 0.6 is 11.3 Å². The molecule has 3 rings (SSSR count). The van der Waals surface area contributed by atoms with Crippen molar-refractivity contribution in [2.75, 3.05) is 13.2 Å². The van der Waals surface area contributed by atoms with Crippen LogP contribution in [0, 0.1) is 5.92 Å². The van der Waals surface area contributed by atoms with E-state index in [0.29, 0.717) is 6.61 Å². The fourth-order valence-corrected chi connectivity index (χ4v) is 3.55. The molecule has 23 heavy (non-hydrogen) atoms. The highest BCUT2D eigenvalue weighted by atomic mass is 32.1. The van der Waals surface area contributed by atoms with Crippen LogP contribution in [-0.4, -0.2) is 40.3 Å². The van der Waals surface area contributed by atoms with Crippen LogP contribution in [0.25, 0.3) is 10.6 Å². The second kappa shape index (κ2) is 7.63. The number of nitrogens with zero attached hydrogens (tertiary/aromatic N) is 2. The molecule has 2 aromatic heterocycles. The Morgan fingerprint density at radius 3 is 3.17 bits per heavy atom. The standard InChI is InChI=1S/C16H19N3O3S/c20-15(21)5-11-4-13(22-10-11)7-18-8-14-9-19-16(23-14)12-2-1-3-17-6-12/h1-3,6,9,11,13,18H,4-5,7-8,10H2,(H,20,21). The van der Waals surface area contributed by atoms with Gasteiger partial charge >= 0.3 is 5.97 Å². The topological polar surface area (TPSA) is 84.3 Å². The number of pyridine rings is 1. The largest absolute Gasteiger partial charge is 0.481 e. The molecule has 2 unspecified atom stereocenters. The highest BCUT2D eigenvalue weighted by Gasteiger charge is 2.26. The number of aromatic nitrogens is 2. The Balaban J connectivity index is 1.43. The lowest BCUT2D eigenvalue weighted by atomic mass is 10.0. The molecule has 1 fully saturated rings. The molecule has 2 N–H and O–H groups in total. The Morgan fingerprint density at radius 1 is 1.48 bits per heavy atom. The minimum Gasteiger partial charge on any atom is -0.481 e. The van der Waals surface area contributed by atoms with Crippen LogP contribution in [0.15, 0.2) is 30.7 Å². The number of ether oxygens (including phenoxy) is 1. The predicted molar refractivity (Wildman–Crippen MR) is 87.2 cm³/mol. The van der Waals surface area contributed by atoms with Gasteiger partial charge in [0.1, 0.15) is 5.01 Å². The van der Waals surface area contributed by atoms with E-state index < -0.39 is 5.97 Å². The number of hydrogen-bond acceptors (Lipinski definition) is 6. The van der Waals surface area contributed by atoms with Crippen molar-refractivity contribution in [2.45, 2.75) is 25.5 Å². The Morgan fingerprint density at radius 2 is 2.39 bits per heavy atom. The summed E-state index contributed by atoms with van der Waals surface area (Å²) in [4.78, 5) is 20.4. The molecule has 0 spiro atoms. The van der Waals surface area contributed by atoms with Gasteiger partial charge in [-0.05, 0) is 24.5 Å². The molecule has 2 atom stereocenters. The molecule has 122 valence electrons. The van der Waals surface area contributed by atoms with Crippen molar-refractivity contribution in [1.82, 2.24) is 15.3 Å². The van der Waals surface area contributed by atoms with Crippen molar-refractivity contribution in [3.8, 4) is 10.6 Å². The molecular formula is C16H19N3O3S. The minimum atomic E-state index is -0.750. The summed E-state index contributed by atoms with van der Waals surface area (Å²) in [6, 6.07) is 3.90. The van der Waals surface area contributed by atoms with Gasteiger partial charge in [-0.2, -0.15) is 0 Å². The van der Waals surface area contributed by atoms with Crippen LogP contribution in [0.2, 0.25) is 0 Å². The number of carbonyl (C=O) groups is 1. The summed E-state index contributed by atoms with van der Waals surface area (Å²) < 4.78 is 5.63. The van der Waals surface area contributed by atoms with E-state index in [0.717, 1.165) is 35.0 Å². The zero-order chi connectivity index (χ0) is 16.1. The molecule has 6 nitrogen and oxygen atoms in total. The van der Waals surface area contributed by atoms with Crippen molar-refractivity contribution in [3.05, 3.63) is 35.6 Å². The summed E-state index contributed by atoms with van der Waals surface area (Å²) in [5.74, 6) is -0.611. The summed E-state index contributed by atoms with van der Waals surface area (Å²) in [5.41, 5.74) is 1.03. The van der Waals surface area contributed by atoms with Gasteiger partial charge in [0.05, 0.1) is 19.1 Å². The van der Waals surface area contributed by atoms with Crippen LogP contribution in [-0.2, 0) is 16.1 Å². The van der Waals surface area contributed by atoms with E-state index >= 15 is 0 Å². The summed E-state index contributed by atoms with van der Waals surface area (Å²) in [6.07, 6.45) is 6.54. The highest BCUT2D eigenvalue weighted by molar-refractivity contribution is 7.15. The second-order valence-corrected chi connectivity index (χ2v) is 6.77. The fourth-order valence-electron chi connectivity index (χ4n) is 2.68. The number of aliphatic carboxylic acids is 1. The molecule has 0 aliphatic carbocycles. The predicted octanol–water partition coefficient (Wildman–Crippen LogP) is 2.17. The van der Waals surface area contributed by atoms with Crippen molar-refractivity contribution >= 4 is 17.3 Å². The normalized spacial score (nSPS) is 20.7. The first-order valence-corrected chi connectivity index (χ1v) is 8.41. The SMILES string of the molecule is O=C(O)CC1COC(CNCc2cnc(-c3cccnc3)s2)C1. The maximum Gasteiger partial charge on any atom is 0.303 e. The first-order valence-electron chi connectivity index (χ1n) is 7.60. The average Bonchev–Trinajstić information content (AvgIpc) is 3.18. The summed E-state index contributed by atoms with van der Waals surface area (Å²) in [7, 11) is 0. The van der Waals surface area contributed by atoms with Gasteiger partial charge < -0.3 is 15.2 Å². The number of nitrogens with one attached hydrogen (secondary N) is 1. The average molecular weight is 333 g/mol. The Kier molecular flexibility index (Phi) is 5.32. The van der Waals surface area contributed by atoms with Crippen LogP contribution in [0.3, 0.4) is 0 Å². The number of hydrogen-bond donors (Lipinski definition) is 2. The van der Waals surface area contributed by atoms with Crippen LogP contribution in [0.5, 0.6) is 0 Å². The first-order chi connectivity index (χ1) is 11.2. The van der Waals surface area contributed by atoms with Gasteiger partial charge in [-0.25, -0.2) is 4.98 Å². The Labute approximate surface area is 138 Å². The molecule has 0 saturated carbocycles. The molecule has 2 aromatic rings. The van der Waals surface area contributed by atoms with Gasteiger partial charge in [-0.1, -0.05) is 0 Å². The highest BCUT2D eigenvalue weighted by Crippen LogP contribution is 2.25. The van der Waals surface area contributed by atoms with E-state index in [-0.39, 0.29) is 18.4 Å². The van der Waals surface area contributed by atoms with Crippen LogP contribution < -0.4 is 5.32 Å². The smallest absolute Gasteiger partial charge is 0.303 e. The lowest BCUT2D eigenvalue weighted by molar-refractivity contribution is -0.138. The molecule has 0 bridgehead atoms. The van der Waals surface area contributed by atoms with Crippen LogP contribution in [0.4, 0.5) is 0 Å². The molecule has 1 aliphatic heterocycles. The first kappa shape index (κ1) is 16.0. The molecule has 7 heteroatoms. The zero-order valence-corrected chi connectivity index (χ0v) is 13.5. The van der Waals surface area contributed by atoms with E-state index in [9.17, 15) is 4.79 Å². The molecule has 3 heterocycles. The third kappa shape index (κ3) is 4.57. The molecule has 0 aromatic carbocycles. The number of carboxylic acids is 1. The Hall–Kier alpha value is -1.83. The third-order valence-electron chi connectivity index (χ3n) is 3.76. The quantitative estimate of drug-likeness (QED) is 0.808. The van der Waals surface area contributed by atoms with E-state index in [2.05, 4.69) is 15.3 Å².